The molecule has 136 valence electrons. The highest BCUT2D eigenvalue weighted by atomic mass is 32.2. The van der Waals surface area contributed by atoms with Crippen LogP contribution in [-0.4, -0.2) is 56.0 Å². The molecule has 0 saturated carbocycles. The van der Waals surface area contributed by atoms with Crippen LogP contribution < -0.4 is 0 Å². The summed E-state index contributed by atoms with van der Waals surface area (Å²) in [7, 11) is -3.60. The molecule has 10 heteroatoms. The molecule has 0 aliphatic carbocycles. The lowest BCUT2D eigenvalue weighted by Crippen LogP contribution is -2.40. The van der Waals surface area contributed by atoms with Crippen molar-refractivity contribution in [3.05, 3.63) is 35.4 Å². The molecule has 0 N–H and O–H groups in total. The van der Waals surface area contributed by atoms with Gasteiger partial charge in [0, 0.05) is 25.2 Å². The second-order valence-electron chi connectivity index (χ2n) is 6.04. The molecule has 2 atom stereocenters. The Morgan fingerprint density at radius 1 is 1.28 bits per heavy atom. The van der Waals surface area contributed by atoms with Gasteiger partial charge in [-0.05, 0) is 24.1 Å². The smallest absolute Gasteiger partial charge is 0.320 e. The van der Waals surface area contributed by atoms with Gasteiger partial charge in [-0.1, -0.05) is 0 Å². The van der Waals surface area contributed by atoms with E-state index < -0.39 is 39.9 Å². The second kappa shape index (κ2) is 6.68. The van der Waals surface area contributed by atoms with Crippen molar-refractivity contribution < 1.29 is 26.2 Å². The van der Waals surface area contributed by atoms with E-state index in [0.29, 0.717) is 24.9 Å². The fourth-order valence-corrected chi connectivity index (χ4v) is 3.67. The van der Waals surface area contributed by atoms with Crippen LogP contribution in [0.1, 0.15) is 24.4 Å². The van der Waals surface area contributed by atoms with Crippen LogP contribution >= 0.6 is 0 Å². The first-order valence-electron chi connectivity index (χ1n) is 7.68. The predicted octanol–water partition coefficient (Wildman–Crippen LogP) is 1.87. The number of carbonyl (C=O) groups is 1. The molecular weight excluding hydrogens is 356 g/mol. The molecule has 0 bridgehead atoms. The summed E-state index contributed by atoms with van der Waals surface area (Å²) in [6.45, 7) is 0.428. The van der Waals surface area contributed by atoms with Gasteiger partial charge in [-0.15, -0.1) is 0 Å². The molecule has 0 radical (unpaired) electrons. The van der Waals surface area contributed by atoms with Gasteiger partial charge >= 0.3 is 6.03 Å². The first-order valence-corrected chi connectivity index (χ1v) is 9.49. The predicted molar refractivity (Wildman–Crippen MR) is 85.3 cm³/mol. The molecule has 2 amide bonds. The minimum absolute atomic E-state index is 0.113. The van der Waals surface area contributed by atoms with Crippen LogP contribution in [0.15, 0.2) is 23.3 Å². The van der Waals surface area contributed by atoms with E-state index in [2.05, 4.69) is 5.10 Å². The molecule has 1 aromatic rings. The van der Waals surface area contributed by atoms with Gasteiger partial charge in [0.2, 0.25) is 0 Å². The van der Waals surface area contributed by atoms with E-state index in [9.17, 15) is 22.0 Å². The van der Waals surface area contributed by atoms with E-state index in [1.165, 1.54) is 23.2 Å². The summed E-state index contributed by atoms with van der Waals surface area (Å²) in [5.41, 5.74) is 0.312. The highest BCUT2D eigenvalue weighted by molar-refractivity contribution is 7.86. The number of hydrazone groups is 1. The summed E-state index contributed by atoms with van der Waals surface area (Å²) in [5.74, 6) is -1.45. The summed E-state index contributed by atoms with van der Waals surface area (Å²) < 4.78 is 54.2. The number of benzene rings is 1. The number of urea groups is 1. The molecular formula is C15H17F2N3O4S. The lowest BCUT2D eigenvalue weighted by molar-refractivity contribution is 0.143. The second-order valence-corrected chi connectivity index (χ2v) is 7.64. The maximum atomic E-state index is 13.5. The summed E-state index contributed by atoms with van der Waals surface area (Å²) in [4.78, 5) is 14.1. The SMILES string of the molecule is CS(=O)(=O)OC1CCN(C(=O)N2N=CCC2c2cc(F)cc(F)c2)C1. The number of carbonyl (C=O) groups excluding carboxylic acids is 1. The number of hydrogen-bond donors (Lipinski definition) is 0. The molecule has 0 spiro atoms. The largest absolute Gasteiger partial charge is 0.341 e. The Balaban J connectivity index is 1.72. The third kappa shape index (κ3) is 4.13. The number of likely N-dealkylation sites (tertiary alicyclic amines) is 1. The lowest BCUT2D eigenvalue weighted by atomic mass is 10.0. The zero-order chi connectivity index (χ0) is 18.2. The van der Waals surface area contributed by atoms with E-state index in [0.717, 1.165) is 17.3 Å². The molecule has 2 aliphatic heterocycles. The standard InChI is InChI=1S/C15H17F2N3O4S/c1-25(22,23)24-13-3-5-19(9-13)15(21)20-14(2-4-18-20)10-6-11(16)8-12(17)7-10/h4,6-8,13-14H,2-3,5,9H2,1H3. The van der Waals surface area contributed by atoms with Crippen LogP contribution in [0, 0.1) is 11.6 Å². The average molecular weight is 373 g/mol. The van der Waals surface area contributed by atoms with Crippen molar-refractivity contribution in [2.24, 2.45) is 5.10 Å². The fraction of sp³-hybridized carbons (Fsp3) is 0.467. The first kappa shape index (κ1) is 17.7. The van der Waals surface area contributed by atoms with E-state index in [1.807, 2.05) is 0 Å². The van der Waals surface area contributed by atoms with Crippen molar-refractivity contribution >= 4 is 22.4 Å². The van der Waals surface area contributed by atoms with Crippen molar-refractivity contribution in [1.82, 2.24) is 9.91 Å². The maximum Gasteiger partial charge on any atom is 0.341 e. The van der Waals surface area contributed by atoms with Crippen LogP contribution in [-0.2, 0) is 14.3 Å². The maximum absolute atomic E-state index is 13.5. The number of halogens is 2. The molecule has 1 fully saturated rings. The topological polar surface area (TPSA) is 79.3 Å². The number of amides is 2. The Bertz CT molecular complexity index is 795. The van der Waals surface area contributed by atoms with Crippen molar-refractivity contribution in [2.75, 3.05) is 19.3 Å². The summed E-state index contributed by atoms with van der Waals surface area (Å²) in [6, 6.07) is 2.04. The van der Waals surface area contributed by atoms with Gasteiger partial charge in [0.25, 0.3) is 10.1 Å². The fourth-order valence-electron chi connectivity index (χ4n) is 3.02. The van der Waals surface area contributed by atoms with Gasteiger partial charge in [-0.2, -0.15) is 13.5 Å². The Labute approximate surface area is 144 Å². The molecule has 25 heavy (non-hydrogen) atoms. The summed E-state index contributed by atoms with van der Waals surface area (Å²) in [5, 5.41) is 5.17. The van der Waals surface area contributed by atoms with Gasteiger partial charge in [-0.25, -0.2) is 18.6 Å². The zero-order valence-electron chi connectivity index (χ0n) is 13.4. The van der Waals surface area contributed by atoms with Crippen molar-refractivity contribution in [3.8, 4) is 0 Å². The Hall–Kier alpha value is -2.07. The van der Waals surface area contributed by atoms with Crippen molar-refractivity contribution in [1.29, 1.82) is 0 Å². The highest BCUT2D eigenvalue weighted by Gasteiger charge is 2.36. The van der Waals surface area contributed by atoms with Crippen LogP contribution in [0.25, 0.3) is 0 Å². The van der Waals surface area contributed by atoms with E-state index in [4.69, 9.17) is 4.18 Å². The molecule has 0 aromatic heterocycles. The third-order valence-corrected chi connectivity index (χ3v) is 4.64. The quantitative estimate of drug-likeness (QED) is 0.758. The summed E-state index contributed by atoms with van der Waals surface area (Å²) in [6.07, 6.45) is 2.58. The molecule has 2 unspecified atom stereocenters. The highest BCUT2D eigenvalue weighted by Crippen LogP contribution is 2.31. The Morgan fingerprint density at radius 3 is 2.60 bits per heavy atom. The van der Waals surface area contributed by atoms with Crippen molar-refractivity contribution in [2.45, 2.75) is 25.0 Å². The number of nitrogens with zero attached hydrogens (tertiary/aromatic N) is 3. The molecule has 2 aliphatic rings. The average Bonchev–Trinajstić information content (AvgIpc) is 3.12. The van der Waals surface area contributed by atoms with E-state index >= 15 is 0 Å². The van der Waals surface area contributed by atoms with Gasteiger partial charge < -0.3 is 4.90 Å². The van der Waals surface area contributed by atoms with Gasteiger partial charge in [0.1, 0.15) is 11.6 Å². The van der Waals surface area contributed by atoms with Gasteiger partial charge in [-0.3, -0.25) is 4.18 Å². The molecule has 7 nitrogen and oxygen atoms in total. The van der Waals surface area contributed by atoms with Crippen LogP contribution in [0.4, 0.5) is 13.6 Å². The zero-order valence-corrected chi connectivity index (χ0v) is 14.2. The molecule has 2 heterocycles. The number of hydrogen-bond acceptors (Lipinski definition) is 5. The van der Waals surface area contributed by atoms with Gasteiger partial charge in [0.05, 0.1) is 24.9 Å². The Morgan fingerprint density at radius 2 is 1.96 bits per heavy atom. The minimum Gasteiger partial charge on any atom is -0.320 e. The minimum atomic E-state index is -3.60. The first-order chi connectivity index (χ1) is 11.7. The Kier molecular flexibility index (Phi) is 4.74. The monoisotopic (exact) mass is 373 g/mol. The van der Waals surface area contributed by atoms with Crippen LogP contribution in [0.5, 0.6) is 0 Å². The summed E-state index contributed by atoms with van der Waals surface area (Å²) >= 11 is 0. The van der Waals surface area contributed by atoms with Crippen molar-refractivity contribution in [3.63, 3.8) is 0 Å². The van der Waals surface area contributed by atoms with E-state index in [-0.39, 0.29) is 6.54 Å². The number of rotatable bonds is 3. The van der Waals surface area contributed by atoms with E-state index in [1.54, 1.807) is 0 Å². The molecule has 1 saturated heterocycles. The molecule has 1 aromatic carbocycles. The normalized spacial score (nSPS) is 23.5. The van der Waals surface area contributed by atoms with Gasteiger partial charge in [0.15, 0.2) is 0 Å². The van der Waals surface area contributed by atoms with Crippen LogP contribution in [0.2, 0.25) is 0 Å². The van der Waals surface area contributed by atoms with Crippen LogP contribution in [0.3, 0.4) is 0 Å². The lowest BCUT2D eigenvalue weighted by Gasteiger charge is -2.27. The third-order valence-electron chi connectivity index (χ3n) is 4.02. The molecule has 3 rings (SSSR count).